The molecule has 0 aliphatic carbocycles. The molecule has 1 unspecified atom stereocenters. The van der Waals surface area contributed by atoms with Crippen LogP contribution in [0.2, 0.25) is 0 Å². The van der Waals surface area contributed by atoms with Gasteiger partial charge in [0.15, 0.2) is 12.1 Å². The molecule has 1 aliphatic rings. The number of amides is 1. The lowest BCUT2D eigenvalue weighted by Crippen LogP contribution is -2.51. The van der Waals surface area contributed by atoms with Gasteiger partial charge in [-0.15, -0.1) is 0 Å². The predicted octanol–water partition coefficient (Wildman–Crippen LogP) is 4.21. The van der Waals surface area contributed by atoms with E-state index in [0.29, 0.717) is 25.4 Å². The summed E-state index contributed by atoms with van der Waals surface area (Å²) in [4.78, 5) is 25.0. The highest BCUT2D eigenvalue weighted by Crippen LogP contribution is 2.21. The predicted molar refractivity (Wildman–Crippen MR) is 101 cm³/mol. The van der Waals surface area contributed by atoms with Crippen molar-refractivity contribution in [2.24, 2.45) is 5.92 Å². The molecule has 3 atom stereocenters. The van der Waals surface area contributed by atoms with Crippen LogP contribution in [-0.4, -0.2) is 42.5 Å². The minimum atomic E-state index is -0.715. The maximum Gasteiger partial charge on any atom is 0.407 e. The van der Waals surface area contributed by atoms with E-state index in [-0.39, 0.29) is 12.1 Å². The van der Waals surface area contributed by atoms with Gasteiger partial charge in [0, 0.05) is 13.0 Å². The number of hydrogen-bond acceptors (Lipinski definition) is 5. The van der Waals surface area contributed by atoms with Gasteiger partial charge >= 0.3 is 6.09 Å². The van der Waals surface area contributed by atoms with E-state index in [1.165, 1.54) is 0 Å². The number of ether oxygens (including phenoxy) is 3. The normalized spacial score (nSPS) is 20.5. The smallest absolute Gasteiger partial charge is 0.407 e. The number of hydrogen-bond donors (Lipinski definition) is 1. The van der Waals surface area contributed by atoms with Crippen molar-refractivity contribution >= 4 is 11.9 Å². The third kappa shape index (κ3) is 8.99. The lowest BCUT2D eigenvalue weighted by Gasteiger charge is -2.33. The first kappa shape index (κ1) is 22.9. The Bertz CT molecular complexity index is 438. The van der Waals surface area contributed by atoms with Crippen molar-refractivity contribution in [3.8, 4) is 0 Å². The number of Topliss-reactive ketones (excluding diaryl/α,β-unsaturated/α-hetero) is 1. The molecule has 1 saturated heterocycles. The van der Waals surface area contributed by atoms with Crippen molar-refractivity contribution in [3.63, 3.8) is 0 Å². The molecule has 1 N–H and O–H groups in total. The fourth-order valence-electron chi connectivity index (χ4n) is 2.99. The maximum atomic E-state index is 12.7. The molecule has 1 fully saturated rings. The lowest BCUT2D eigenvalue weighted by molar-refractivity contribution is -0.196. The van der Waals surface area contributed by atoms with E-state index >= 15 is 0 Å². The summed E-state index contributed by atoms with van der Waals surface area (Å²) in [6.07, 6.45) is 2.98. The third-order valence-corrected chi connectivity index (χ3v) is 4.04. The van der Waals surface area contributed by atoms with E-state index in [4.69, 9.17) is 14.2 Å². The van der Waals surface area contributed by atoms with E-state index in [1.54, 1.807) is 0 Å². The van der Waals surface area contributed by atoms with Crippen molar-refractivity contribution in [2.45, 2.75) is 104 Å². The van der Waals surface area contributed by atoms with Crippen molar-refractivity contribution < 1.29 is 23.8 Å². The molecule has 152 valence electrons. The Morgan fingerprint density at radius 1 is 1.23 bits per heavy atom. The molecule has 0 aromatic carbocycles. The van der Waals surface area contributed by atoms with E-state index in [1.807, 2.05) is 27.7 Å². The van der Waals surface area contributed by atoms with Gasteiger partial charge in [-0.2, -0.15) is 0 Å². The Hall–Kier alpha value is -1.14. The molecule has 0 aromatic rings. The zero-order valence-electron chi connectivity index (χ0n) is 17.3. The zero-order chi connectivity index (χ0) is 19.7. The number of rotatable bonds is 9. The molecule has 6 heteroatoms. The monoisotopic (exact) mass is 371 g/mol. The van der Waals surface area contributed by atoms with Crippen LogP contribution in [0.1, 0.15) is 80.1 Å². The van der Waals surface area contributed by atoms with Crippen molar-refractivity contribution in [2.75, 3.05) is 6.61 Å². The Morgan fingerprint density at radius 3 is 2.42 bits per heavy atom. The van der Waals surface area contributed by atoms with Gasteiger partial charge in [-0.05, 0) is 58.8 Å². The molecule has 0 bridgehead atoms. The van der Waals surface area contributed by atoms with Crippen LogP contribution in [0.25, 0.3) is 0 Å². The first-order valence-electron chi connectivity index (χ1n) is 9.91. The van der Waals surface area contributed by atoms with Crippen LogP contribution in [0.4, 0.5) is 4.79 Å². The second kappa shape index (κ2) is 10.9. The molecule has 1 amide bonds. The summed E-state index contributed by atoms with van der Waals surface area (Å²) < 4.78 is 17.1. The topological polar surface area (TPSA) is 73.9 Å². The summed E-state index contributed by atoms with van der Waals surface area (Å²) in [5.41, 5.74) is -0.595. The van der Waals surface area contributed by atoms with Crippen LogP contribution in [0, 0.1) is 5.92 Å². The highest BCUT2D eigenvalue weighted by Gasteiger charge is 2.34. The zero-order valence-corrected chi connectivity index (χ0v) is 17.3. The molecule has 6 nitrogen and oxygen atoms in total. The summed E-state index contributed by atoms with van der Waals surface area (Å²) in [6.45, 7) is 12.2. The Labute approximate surface area is 158 Å². The summed E-state index contributed by atoms with van der Waals surface area (Å²) in [5.74, 6) is 0.297. The van der Waals surface area contributed by atoms with Gasteiger partial charge in [-0.3, -0.25) is 4.79 Å². The van der Waals surface area contributed by atoms with E-state index in [2.05, 4.69) is 19.2 Å². The van der Waals surface area contributed by atoms with Crippen molar-refractivity contribution in [1.29, 1.82) is 0 Å². The Morgan fingerprint density at radius 2 is 1.92 bits per heavy atom. The minimum Gasteiger partial charge on any atom is -0.444 e. The molecule has 1 rings (SSSR count). The fourth-order valence-corrected chi connectivity index (χ4v) is 2.99. The van der Waals surface area contributed by atoms with Gasteiger partial charge in [-0.25, -0.2) is 4.79 Å². The van der Waals surface area contributed by atoms with Crippen LogP contribution in [0.5, 0.6) is 0 Å². The van der Waals surface area contributed by atoms with Crippen molar-refractivity contribution in [1.82, 2.24) is 5.32 Å². The molecule has 0 radical (unpaired) electrons. The summed E-state index contributed by atoms with van der Waals surface area (Å²) in [5, 5.41) is 2.87. The standard InChI is InChI=1S/C20H37NO5/c1-7-10-16(22)18(25-17-11-8-9-12-24-17)15(13-14(2)3)21-19(23)26-20(4,5)6/h14-15,17-18H,7-13H2,1-6H3,(H,21,23)/t15-,17?,18+/m0/s1. The quantitative estimate of drug-likeness (QED) is 0.657. The maximum absolute atomic E-state index is 12.7. The second-order valence-corrected chi connectivity index (χ2v) is 8.45. The molecule has 0 saturated carbocycles. The van der Waals surface area contributed by atoms with Crippen LogP contribution >= 0.6 is 0 Å². The lowest BCUT2D eigenvalue weighted by atomic mass is 9.95. The van der Waals surface area contributed by atoms with Crippen LogP contribution in [-0.2, 0) is 19.0 Å². The average Bonchev–Trinajstić information content (AvgIpc) is 2.51. The minimum absolute atomic E-state index is 0.00313. The van der Waals surface area contributed by atoms with Crippen LogP contribution < -0.4 is 5.32 Å². The Kier molecular flexibility index (Phi) is 9.58. The SMILES string of the molecule is CCCC(=O)[C@H](OC1CCCCO1)[C@H](CC(C)C)NC(=O)OC(C)(C)C. The number of nitrogens with one attached hydrogen (secondary N) is 1. The highest BCUT2D eigenvalue weighted by atomic mass is 16.7. The largest absolute Gasteiger partial charge is 0.444 e. The average molecular weight is 372 g/mol. The molecule has 0 aromatic heterocycles. The first-order chi connectivity index (χ1) is 12.1. The molecular weight excluding hydrogens is 334 g/mol. The number of ketones is 1. The van der Waals surface area contributed by atoms with Crippen molar-refractivity contribution in [3.05, 3.63) is 0 Å². The van der Waals surface area contributed by atoms with E-state index in [9.17, 15) is 9.59 Å². The van der Waals surface area contributed by atoms with Crippen LogP contribution in [0.15, 0.2) is 0 Å². The van der Waals surface area contributed by atoms with E-state index in [0.717, 1.165) is 25.7 Å². The first-order valence-corrected chi connectivity index (χ1v) is 9.91. The van der Waals surface area contributed by atoms with Gasteiger partial charge in [0.2, 0.25) is 0 Å². The summed E-state index contributed by atoms with van der Waals surface area (Å²) in [7, 11) is 0. The highest BCUT2D eigenvalue weighted by molar-refractivity contribution is 5.84. The molecule has 1 aliphatic heterocycles. The number of carbonyl (C=O) groups is 2. The van der Waals surface area contributed by atoms with Gasteiger partial charge in [0.1, 0.15) is 11.7 Å². The number of alkyl carbamates (subject to hydrolysis) is 1. The van der Waals surface area contributed by atoms with Gasteiger partial charge in [-0.1, -0.05) is 20.8 Å². The Balaban J connectivity index is 2.90. The molecule has 26 heavy (non-hydrogen) atoms. The van der Waals surface area contributed by atoms with E-state index < -0.39 is 23.8 Å². The molecule has 1 heterocycles. The fraction of sp³-hybridized carbons (Fsp3) is 0.900. The van der Waals surface area contributed by atoms with Gasteiger partial charge < -0.3 is 19.5 Å². The van der Waals surface area contributed by atoms with Gasteiger partial charge in [0.05, 0.1) is 6.04 Å². The van der Waals surface area contributed by atoms with Crippen LogP contribution in [0.3, 0.4) is 0 Å². The molecular formula is C20H37NO5. The third-order valence-electron chi connectivity index (χ3n) is 4.04. The molecule has 0 spiro atoms. The second-order valence-electron chi connectivity index (χ2n) is 8.45. The van der Waals surface area contributed by atoms with Gasteiger partial charge in [0.25, 0.3) is 0 Å². The number of carbonyl (C=O) groups excluding carboxylic acids is 2. The summed E-state index contributed by atoms with van der Waals surface area (Å²) >= 11 is 0. The summed E-state index contributed by atoms with van der Waals surface area (Å²) in [6, 6.07) is -0.436.